The van der Waals surface area contributed by atoms with Gasteiger partial charge in [-0.05, 0) is 17.6 Å². The second-order valence-corrected chi connectivity index (χ2v) is 5.99. The highest BCUT2D eigenvalue weighted by Crippen LogP contribution is 2.35. The first-order valence-electron chi connectivity index (χ1n) is 7.60. The van der Waals surface area contributed by atoms with Gasteiger partial charge < -0.3 is 15.2 Å². The van der Waals surface area contributed by atoms with Crippen molar-refractivity contribution in [3.05, 3.63) is 54.1 Å². The van der Waals surface area contributed by atoms with Crippen molar-refractivity contribution in [3.8, 4) is 0 Å². The van der Waals surface area contributed by atoms with E-state index in [-0.39, 0.29) is 11.9 Å². The van der Waals surface area contributed by atoms with Gasteiger partial charge in [-0.25, -0.2) is 0 Å². The Balaban J connectivity index is 1.68. The minimum atomic E-state index is -0.895. The molecule has 1 aliphatic heterocycles. The Kier molecular flexibility index (Phi) is 4.14. The smallest absolute Gasteiger partial charge is 0.322 e. The second kappa shape index (κ2) is 6.07. The van der Waals surface area contributed by atoms with Crippen LogP contribution in [0.15, 0.2) is 48.6 Å². The van der Waals surface area contributed by atoms with Crippen molar-refractivity contribution < 1.29 is 14.6 Å². The number of esters is 1. The first-order valence-corrected chi connectivity index (χ1v) is 7.60. The maximum Gasteiger partial charge on any atom is 0.322 e. The van der Waals surface area contributed by atoms with Crippen molar-refractivity contribution in [2.75, 3.05) is 13.7 Å². The highest BCUT2D eigenvalue weighted by atomic mass is 16.5. The Labute approximate surface area is 130 Å². The van der Waals surface area contributed by atoms with E-state index < -0.39 is 11.6 Å². The summed E-state index contributed by atoms with van der Waals surface area (Å²) < 4.78 is 4.75. The summed E-state index contributed by atoms with van der Waals surface area (Å²) >= 11 is 0. The Morgan fingerprint density at radius 2 is 2.14 bits per heavy atom. The van der Waals surface area contributed by atoms with Crippen molar-refractivity contribution >= 4 is 11.5 Å². The van der Waals surface area contributed by atoms with Crippen molar-refractivity contribution in [3.63, 3.8) is 0 Å². The van der Waals surface area contributed by atoms with E-state index in [0.29, 0.717) is 13.0 Å². The molecule has 1 unspecified atom stereocenters. The molecule has 0 radical (unpaired) electrons. The van der Waals surface area contributed by atoms with Gasteiger partial charge in [-0.3, -0.25) is 4.79 Å². The number of β-amino-alcohol motifs (C(OH)–C–C–N with tert-alkyl or cyclic N) is 1. The molecule has 2 aliphatic rings. The number of carbonyl (C=O) groups is 1. The predicted molar refractivity (Wildman–Crippen MR) is 85.0 cm³/mol. The molecule has 2 N–H and O–H groups in total. The predicted octanol–water partition coefficient (Wildman–Crippen LogP) is 1.91. The zero-order valence-corrected chi connectivity index (χ0v) is 12.7. The number of ether oxygens (including phenoxy) is 1. The Morgan fingerprint density at radius 1 is 1.36 bits per heavy atom. The summed E-state index contributed by atoms with van der Waals surface area (Å²) in [6.07, 6.45) is 7.44. The highest BCUT2D eigenvalue weighted by Gasteiger charge is 2.45. The van der Waals surface area contributed by atoms with E-state index in [1.807, 2.05) is 18.2 Å². The molecule has 1 aromatic rings. The molecule has 3 atom stereocenters. The molecule has 0 aromatic heterocycles. The number of allylic oxidation sites excluding steroid dienone is 3. The Morgan fingerprint density at radius 3 is 2.77 bits per heavy atom. The Hall–Kier alpha value is -1.91. The number of hydrogen-bond acceptors (Lipinski definition) is 4. The van der Waals surface area contributed by atoms with Crippen molar-refractivity contribution in [1.82, 2.24) is 5.32 Å². The van der Waals surface area contributed by atoms with Crippen LogP contribution in [0.3, 0.4) is 0 Å². The highest BCUT2D eigenvalue weighted by molar-refractivity contribution is 5.77. The molecule has 1 aromatic carbocycles. The fourth-order valence-electron chi connectivity index (χ4n) is 3.25. The fraction of sp³-hybridized carbons (Fsp3) is 0.389. The molecule has 4 nitrogen and oxygen atoms in total. The number of methoxy groups -OCH3 is 1. The van der Waals surface area contributed by atoms with Gasteiger partial charge in [0, 0.05) is 18.9 Å². The van der Waals surface area contributed by atoms with E-state index in [9.17, 15) is 9.90 Å². The first-order chi connectivity index (χ1) is 10.6. The molecule has 1 fully saturated rings. The Bertz CT molecular complexity index is 608. The van der Waals surface area contributed by atoms with Gasteiger partial charge in [0.15, 0.2) is 0 Å². The van der Waals surface area contributed by atoms with Crippen molar-refractivity contribution in [1.29, 1.82) is 0 Å². The van der Waals surface area contributed by atoms with Crippen LogP contribution in [0, 0.1) is 5.92 Å². The van der Waals surface area contributed by atoms with Crippen molar-refractivity contribution in [2.24, 2.45) is 5.92 Å². The van der Waals surface area contributed by atoms with Crippen LogP contribution in [0.2, 0.25) is 0 Å². The molecule has 0 bridgehead atoms. The van der Waals surface area contributed by atoms with Crippen LogP contribution < -0.4 is 5.32 Å². The van der Waals surface area contributed by atoms with Gasteiger partial charge in [0.1, 0.15) is 6.04 Å². The quantitative estimate of drug-likeness (QED) is 0.837. The van der Waals surface area contributed by atoms with E-state index in [1.165, 1.54) is 18.2 Å². The third-order valence-electron chi connectivity index (χ3n) is 4.59. The molecule has 1 aliphatic carbocycles. The summed E-state index contributed by atoms with van der Waals surface area (Å²) in [4.78, 5) is 11.6. The summed E-state index contributed by atoms with van der Waals surface area (Å²) in [5.41, 5.74) is 1.46. The van der Waals surface area contributed by atoms with Crippen LogP contribution in [-0.2, 0) is 9.53 Å². The van der Waals surface area contributed by atoms with Crippen LogP contribution in [0.1, 0.15) is 18.4 Å². The topological polar surface area (TPSA) is 58.6 Å². The molecule has 1 heterocycles. The normalized spacial score (nSPS) is 30.9. The molecule has 116 valence electrons. The van der Waals surface area contributed by atoms with Crippen molar-refractivity contribution in [2.45, 2.75) is 24.5 Å². The number of hydrogen-bond donors (Lipinski definition) is 2. The van der Waals surface area contributed by atoms with Crippen LogP contribution in [0.25, 0.3) is 5.57 Å². The average Bonchev–Trinajstić information content (AvgIpc) is 2.99. The molecule has 3 rings (SSSR count). The number of aliphatic hydroxyl groups is 1. The summed E-state index contributed by atoms with van der Waals surface area (Å²) in [5.74, 6) is -0.293. The zero-order chi connectivity index (χ0) is 15.6. The van der Waals surface area contributed by atoms with Crippen LogP contribution >= 0.6 is 0 Å². The molecule has 0 spiro atoms. The SMILES string of the molecule is COC(=O)[C@@H]1C[C@@](O)(C2C=CC(c3ccccc3)=CC2)CN1. The van der Waals surface area contributed by atoms with E-state index in [2.05, 4.69) is 35.7 Å². The van der Waals surface area contributed by atoms with Gasteiger partial charge >= 0.3 is 5.97 Å². The lowest BCUT2D eigenvalue weighted by Crippen LogP contribution is -2.39. The minimum absolute atomic E-state index is 0.0159. The summed E-state index contributed by atoms with van der Waals surface area (Å²) in [6.45, 7) is 0.413. The molecule has 22 heavy (non-hydrogen) atoms. The number of benzene rings is 1. The maximum absolute atomic E-state index is 11.6. The summed E-state index contributed by atoms with van der Waals surface area (Å²) in [6, 6.07) is 9.78. The molecular weight excluding hydrogens is 278 g/mol. The monoisotopic (exact) mass is 299 g/mol. The third-order valence-corrected chi connectivity index (χ3v) is 4.59. The van der Waals surface area contributed by atoms with Gasteiger partial charge in [-0.2, -0.15) is 0 Å². The van der Waals surface area contributed by atoms with Gasteiger partial charge in [-0.15, -0.1) is 0 Å². The van der Waals surface area contributed by atoms with Gasteiger partial charge in [0.2, 0.25) is 0 Å². The molecule has 4 heteroatoms. The molecular formula is C18H21NO3. The van der Waals surface area contributed by atoms with Gasteiger partial charge in [0.05, 0.1) is 12.7 Å². The number of rotatable bonds is 3. The minimum Gasteiger partial charge on any atom is -0.468 e. The molecule has 0 amide bonds. The lowest BCUT2D eigenvalue weighted by atomic mass is 9.79. The van der Waals surface area contributed by atoms with E-state index in [4.69, 9.17) is 4.74 Å². The van der Waals surface area contributed by atoms with E-state index in [0.717, 1.165) is 6.42 Å². The summed E-state index contributed by atoms with van der Waals surface area (Å²) in [7, 11) is 1.37. The zero-order valence-electron chi connectivity index (χ0n) is 12.7. The third kappa shape index (κ3) is 2.85. The van der Waals surface area contributed by atoms with Gasteiger partial charge in [-0.1, -0.05) is 48.6 Å². The first kappa shape index (κ1) is 15.0. The number of carbonyl (C=O) groups excluding carboxylic acids is 1. The van der Waals surface area contributed by atoms with Crippen LogP contribution in [0.4, 0.5) is 0 Å². The summed E-state index contributed by atoms with van der Waals surface area (Å²) in [5, 5.41) is 13.9. The lowest BCUT2D eigenvalue weighted by Gasteiger charge is -2.31. The van der Waals surface area contributed by atoms with Gasteiger partial charge in [0.25, 0.3) is 0 Å². The maximum atomic E-state index is 11.6. The molecule has 1 saturated heterocycles. The van der Waals surface area contributed by atoms with Crippen LogP contribution in [-0.4, -0.2) is 36.4 Å². The lowest BCUT2D eigenvalue weighted by molar-refractivity contribution is -0.143. The molecule has 0 saturated carbocycles. The standard InChI is InChI=1S/C18H21NO3/c1-22-17(20)16-11-18(21,12-19-16)15-9-7-14(8-10-15)13-5-3-2-4-6-13/h2-9,15-16,19,21H,10-12H2,1H3/t15?,16-,18-/m0/s1. The number of nitrogens with one attached hydrogen (secondary N) is 1. The average molecular weight is 299 g/mol. The van der Waals surface area contributed by atoms with E-state index >= 15 is 0 Å². The fourth-order valence-corrected chi connectivity index (χ4v) is 3.25. The largest absolute Gasteiger partial charge is 0.468 e. The second-order valence-electron chi connectivity index (χ2n) is 5.99. The van der Waals surface area contributed by atoms with Crippen LogP contribution in [0.5, 0.6) is 0 Å². The van der Waals surface area contributed by atoms with E-state index in [1.54, 1.807) is 0 Å².